The van der Waals surface area contributed by atoms with E-state index in [0.29, 0.717) is 12.1 Å². The van der Waals surface area contributed by atoms with E-state index in [1.54, 1.807) is 12.1 Å². The monoisotopic (exact) mass is 262 g/mol. The molecule has 0 bridgehead atoms. The van der Waals surface area contributed by atoms with Crippen LogP contribution in [0, 0.1) is 0 Å². The van der Waals surface area contributed by atoms with E-state index in [0.717, 1.165) is 0 Å². The van der Waals surface area contributed by atoms with Crippen LogP contribution in [0.2, 0.25) is 0 Å². The van der Waals surface area contributed by atoms with E-state index in [1.807, 2.05) is 0 Å². The molecule has 1 saturated heterocycles. The van der Waals surface area contributed by atoms with Gasteiger partial charge in [0, 0.05) is 6.42 Å². The Morgan fingerprint density at radius 3 is 2.74 bits per heavy atom. The van der Waals surface area contributed by atoms with Crippen LogP contribution in [0.25, 0.3) is 0 Å². The zero-order valence-electron chi connectivity index (χ0n) is 10.1. The van der Waals surface area contributed by atoms with Gasteiger partial charge in [0.15, 0.2) is 0 Å². The minimum Gasteiger partial charge on any atom is -0.396 e. The molecule has 1 heterocycles. The summed E-state index contributed by atoms with van der Waals surface area (Å²) in [7, 11) is 0. The summed E-state index contributed by atoms with van der Waals surface area (Å²) >= 11 is 0. The molecular formula is C12H14N4O3. The van der Waals surface area contributed by atoms with Crippen molar-refractivity contribution in [1.29, 1.82) is 0 Å². The molecule has 100 valence electrons. The third-order valence-corrected chi connectivity index (χ3v) is 2.94. The molecule has 0 radical (unpaired) electrons. The second-order valence-electron chi connectivity index (χ2n) is 4.28. The predicted octanol–water partition coefficient (Wildman–Crippen LogP) is -0.415. The average molecular weight is 262 g/mol. The standard InChI is InChI=1S/C12H14N4O3/c13-10-6(11(14)18)2-1-3-7(10)15-8-4-5-9(17)16-12(8)19/h1-3,8,15H,4-5,13H2,(H2,14,18)(H,16,17,19). The number of nitrogen functional groups attached to an aromatic ring is 1. The number of benzene rings is 1. The first-order valence-corrected chi connectivity index (χ1v) is 5.77. The summed E-state index contributed by atoms with van der Waals surface area (Å²) < 4.78 is 0. The van der Waals surface area contributed by atoms with E-state index in [4.69, 9.17) is 11.5 Å². The number of hydrogen-bond donors (Lipinski definition) is 4. The molecule has 7 nitrogen and oxygen atoms in total. The van der Waals surface area contributed by atoms with Crippen LogP contribution in [-0.2, 0) is 9.59 Å². The summed E-state index contributed by atoms with van der Waals surface area (Å²) in [6.07, 6.45) is 0.643. The summed E-state index contributed by atoms with van der Waals surface area (Å²) in [4.78, 5) is 33.8. The Bertz CT molecular complexity index is 556. The first-order chi connectivity index (χ1) is 8.99. The number of imide groups is 1. The molecule has 1 unspecified atom stereocenters. The van der Waals surface area contributed by atoms with Gasteiger partial charge in [-0.25, -0.2) is 0 Å². The van der Waals surface area contributed by atoms with Crippen LogP contribution in [-0.4, -0.2) is 23.8 Å². The summed E-state index contributed by atoms with van der Waals surface area (Å²) in [6, 6.07) is 4.21. The minimum atomic E-state index is -0.635. The van der Waals surface area contributed by atoms with Crippen LogP contribution in [0.4, 0.5) is 11.4 Å². The summed E-state index contributed by atoms with van der Waals surface area (Å²) in [5.74, 6) is -1.33. The zero-order valence-corrected chi connectivity index (χ0v) is 10.1. The van der Waals surface area contributed by atoms with Crippen molar-refractivity contribution in [2.75, 3.05) is 11.1 Å². The highest BCUT2D eigenvalue weighted by Crippen LogP contribution is 2.24. The van der Waals surface area contributed by atoms with Gasteiger partial charge in [0.25, 0.3) is 5.91 Å². The number of nitrogens with one attached hydrogen (secondary N) is 2. The molecule has 1 atom stereocenters. The maximum atomic E-state index is 11.6. The van der Waals surface area contributed by atoms with Crippen molar-refractivity contribution in [2.24, 2.45) is 5.73 Å². The van der Waals surface area contributed by atoms with Crippen molar-refractivity contribution >= 4 is 29.1 Å². The molecule has 1 aromatic carbocycles. The largest absolute Gasteiger partial charge is 0.396 e. The number of hydrogen-bond acceptors (Lipinski definition) is 5. The normalized spacial score (nSPS) is 18.8. The van der Waals surface area contributed by atoms with Gasteiger partial charge in [-0.2, -0.15) is 0 Å². The number of piperidine rings is 1. The molecule has 1 aromatic rings. The fourth-order valence-corrected chi connectivity index (χ4v) is 1.92. The topological polar surface area (TPSA) is 127 Å². The average Bonchev–Trinajstić information content (AvgIpc) is 2.34. The Kier molecular flexibility index (Phi) is 3.37. The molecule has 19 heavy (non-hydrogen) atoms. The molecular weight excluding hydrogens is 248 g/mol. The third kappa shape index (κ3) is 2.65. The number of rotatable bonds is 3. The van der Waals surface area contributed by atoms with Gasteiger partial charge in [0.05, 0.1) is 16.9 Å². The van der Waals surface area contributed by atoms with Crippen LogP contribution in [0.3, 0.4) is 0 Å². The van der Waals surface area contributed by atoms with Crippen molar-refractivity contribution in [3.8, 4) is 0 Å². The van der Waals surface area contributed by atoms with E-state index in [9.17, 15) is 14.4 Å². The smallest absolute Gasteiger partial charge is 0.250 e. The number of nitrogens with two attached hydrogens (primary N) is 2. The lowest BCUT2D eigenvalue weighted by atomic mass is 10.0. The number of primary amides is 1. The van der Waals surface area contributed by atoms with Crippen LogP contribution in [0.5, 0.6) is 0 Å². The highest BCUT2D eigenvalue weighted by molar-refractivity contribution is 6.03. The highest BCUT2D eigenvalue weighted by atomic mass is 16.2. The van der Waals surface area contributed by atoms with Crippen LogP contribution < -0.4 is 22.1 Å². The highest BCUT2D eigenvalue weighted by Gasteiger charge is 2.27. The van der Waals surface area contributed by atoms with Crippen LogP contribution in [0.1, 0.15) is 23.2 Å². The summed E-state index contributed by atoms with van der Waals surface area (Å²) in [6.45, 7) is 0. The molecule has 1 aliphatic heterocycles. The Hall–Kier alpha value is -2.57. The van der Waals surface area contributed by atoms with E-state index in [1.165, 1.54) is 6.07 Å². The van der Waals surface area contributed by atoms with E-state index >= 15 is 0 Å². The molecule has 0 aromatic heterocycles. The van der Waals surface area contributed by atoms with E-state index in [2.05, 4.69) is 10.6 Å². The first-order valence-electron chi connectivity index (χ1n) is 5.77. The summed E-state index contributed by atoms with van der Waals surface area (Å²) in [5.41, 5.74) is 11.8. The third-order valence-electron chi connectivity index (χ3n) is 2.94. The summed E-state index contributed by atoms with van der Waals surface area (Å²) in [5, 5.41) is 5.15. The van der Waals surface area contributed by atoms with Crippen molar-refractivity contribution in [2.45, 2.75) is 18.9 Å². The molecule has 0 aliphatic carbocycles. The molecule has 2 rings (SSSR count). The van der Waals surface area contributed by atoms with Gasteiger partial charge in [-0.3, -0.25) is 19.7 Å². The van der Waals surface area contributed by atoms with Gasteiger partial charge in [-0.05, 0) is 18.6 Å². The van der Waals surface area contributed by atoms with Crippen molar-refractivity contribution in [1.82, 2.24) is 5.32 Å². The lowest BCUT2D eigenvalue weighted by molar-refractivity contribution is -0.133. The lowest BCUT2D eigenvalue weighted by Gasteiger charge is -2.23. The van der Waals surface area contributed by atoms with Gasteiger partial charge in [-0.15, -0.1) is 0 Å². The van der Waals surface area contributed by atoms with Crippen molar-refractivity contribution in [3.05, 3.63) is 23.8 Å². The quantitative estimate of drug-likeness (QED) is 0.435. The predicted molar refractivity (Wildman–Crippen MR) is 69.2 cm³/mol. The Morgan fingerprint density at radius 1 is 1.37 bits per heavy atom. The van der Waals surface area contributed by atoms with Crippen molar-refractivity contribution < 1.29 is 14.4 Å². The zero-order chi connectivity index (χ0) is 14.0. The van der Waals surface area contributed by atoms with E-state index in [-0.39, 0.29) is 23.6 Å². The van der Waals surface area contributed by atoms with Crippen molar-refractivity contribution in [3.63, 3.8) is 0 Å². The van der Waals surface area contributed by atoms with Crippen LogP contribution >= 0.6 is 0 Å². The Morgan fingerprint density at radius 2 is 2.11 bits per heavy atom. The van der Waals surface area contributed by atoms with Gasteiger partial charge < -0.3 is 16.8 Å². The maximum absolute atomic E-state index is 11.6. The molecule has 1 aliphatic rings. The van der Waals surface area contributed by atoms with Crippen LogP contribution in [0.15, 0.2) is 18.2 Å². The fourth-order valence-electron chi connectivity index (χ4n) is 1.92. The Balaban J connectivity index is 2.20. The molecule has 7 heteroatoms. The lowest BCUT2D eigenvalue weighted by Crippen LogP contribution is -2.47. The second kappa shape index (κ2) is 4.97. The van der Waals surface area contributed by atoms with Gasteiger partial charge >= 0.3 is 0 Å². The van der Waals surface area contributed by atoms with Gasteiger partial charge in [-0.1, -0.05) is 6.07 Å². The number of carbonyl (C=O) groups excluding carboxylic acids is 3. The van der Waals surface area contributed by atoms with Gasteiger partial charge in [0.2, 0.25) is 11.8 Å². The molecule has 1 fully saturated rings. The fraction of sp³-hybridized carbons (Fsp3) is 0.250. The number of amides is 3. The minimum absolute atomic E-state index is 0.192. The molecule has 3 amide bonds. The number of carbonyl (C=O) groups is 3. The number of anilines is 2. The molecule has 0 spiro atoms. The Labute approximate surface area is 109 Å². The molecule has 0 saturated carbocycles. The number of para-hydroxylation sites is 1. The maximum Gasteiger partial charge on any atom is 0.250 e. The second-order valence-corrected chi connectivity index (χ2v) is 4.28. The van der Waals surface area contributed by atoms with E-state index < -0.39 is 17.9 Å². The van der Waals surface area contributed by atoms with Gasteiger partial charge in [0.1, 0.15) is 6.04 Å². The first kappa shape index (κ1) is 12.9. The molecule has 6 N–H and O–H groups in total. The SMILES string of the molecule is NC(=O)c1cccc(NC2CCC(=O)NC2=O)c1N.